The molecule has 188 valence electrons. The fourth-order valence-corrected chi connectivity index (χ4v) is 4.35. The highest BCUT2D eigenvalue weighted by molar-refractivity contribution is 5.93. The molecule has 0 aliphatic carbocycles. The molecule has 0 atom stereocenters. The number of benzene rings is 2. The quantitative estimate of drug-likeness (QED) is 0.450. The van der Waals surface area contributed by atoms with Gasteiger partial charge < -0.3 is 19.7 Å². The lowest BCUT2D eigenvalue weighted by Gasteiger charge is -2.31. The molecule has 1 aliphatic heterocycles. The molecule has 1 N–H and O–H groups in total. The molecule has 0 bridgehead atoms. The van der Waals surface area contributed by atoms with E-state index in [1.165, 1.54) is 19.3 Å². The third-order valence-corrected chi connectivity index (χ3v) is 5.87. The van der Waals surface area contributed by atoms with Gasteiger partial charge in [-0.3, -0.25) is 4.79 Å². The van der Waals surface area contributed by atoms with Gasteiger partial charge in [-0.25, -0.2) is 4.79 Å². The van der Waals surface area contributed by atoms with Crippen LogP contribution in [0.15, 0.2) is 48.5 Å². The number of nitrogens with one attached hydrogen (secondary N) is 1. The Morgan fingerprint density at radius 1 is 1.00 bits per heavy atom. The number of nitrogens with zero attached hydrogens (tertiary/aromatic N) is 1. The zero-order chi connectivity index (χ0) is 25.2. The van der Waals surface area contributed by atoms with Gasteiger partial charge in [0.25, 0.3) is 0 Å². The van der Waals surface area contributed by atoms with Crippen molar-refractivity contribution in [2.75, 3.05) is 31.2 Å². The van der Waals surface area contributed by atoms with E-state index in [-0.39, 0.29) is 18.2 Å². The summed E-state index contributed by atoms with van der Waals surface area (Å²) in [7, 11) is 0. The Hall–Kier alpha value is -3.28. The largest absolute Gasteiger partial charge is 0.493 e. The molecule has 0 aromatic heterocycles. The Kier molecular flexibility index (Phi) is 9.76. The summed E-state index contributed by atoms with van der Waals surface area (Å²) < 4.78 is 10.8. The smallest absolute Gasteiger partial charge is 0.341 e. The van der Waals surface area contributed by atoms with Crippen LogP contribution in [0.25, 0.3) is 5.70 Å². The molecule has 0 unspecified atom stereocenters. The topological polar surface area (TPSA) is 67.9 Å². The summed E-state index contributed by atoms with van der Waals surface area (Å²) in [4.78, 5) is 27.8. The van der Waals surface area contributed by atoms with Crippen LogP contribution >= 0.6 is 0 Å². The van der Waals surface area contributed by atoms with Crippen molar-refractivity contribution in [3.63, 3.8) is 0 Å². The third-order valence-electron chi connectivity index (χ3n) is 5.87. The Bertz CT molecular complexity index is 1040. The van der Waals surface area contributed by atoms with Gasteiger partial charge in [-0.1, -0.05) is 44.2 Å². The number of rotatable bonds is 10. The summed E-state index contributed by atoms with van der Waals surface area (Å²) in [5.41, 5.74) is 4.18. The summed E-state index contributed by atoms with van der Waals surface area (Å²) >= 11 is 0. The van der Waals surface area contributed by atoms with Gasteiger partial charge in [0.15, 0.2) is 0 Å². The number of anilines is 1. The number of hydrogen-bond acceptors (Lipinski definition) is 5. The molecule has 35 heavy (non-hydrogen) atoms. The predicted octanol–water partition coefficient (Wildman–Crippen LogP) is 5.61. The first kappa shape index (κ1) is 26.3. The number of ether oxygens (including phenoxy) is 2. The molecule has 3 rings (SSSR count). The molecule has 1 heterocycles. The first-order valence-corrected chi connectivity index (χ1v) is 12.7. The minimum absolute atomic E-state index is 0.114. The molecule has 0 saturated carbocycles. The Morgan fingerprint density at radius 3 is 2.43 bits per heavy atom. The second kappa shape index (κ2) is 13.0. The second-order valence-electron chi connectivity index (χ2n) is 9.10. The molecule has 2 aromatic rings. The van der Waals surface area contributed by atoms with Gasteiger partial charge in [0.05, 0.1) is 19.6 Å². The van der Waals surface area contributed by atoms with E-state index in [0.29, 0.717) is 24.5 Å². The van der Waals surface area contributed by atoms with Gasteiger partial charge in [0.1, 0.15) is 11.3 Å². The summed E-state index contributed by atoms with van der Waals surface area (Å²) in [6.45, 7) is 10.6. The molecule has 1 fully saturated rings. The highest BCUT2D eigenvalue weighted by Crippen LogP contribution is 2.29. The molecule has 2 aromatic carbocycles. The SMILES string of the molecule is CCOC(=O)c1ccc(CC(=O)N/C(=C\C(C)C)c2ccccc2N2CCCCC2)cc1OCC. The standard InChI is InChI=1S/C29H38N2O4/c1-5-34-27-19-22(14-15-24(27)29(33)35-6-2)20-28(32)30-25(18-21(3)4)23-12-8-9-13-26(23)31-16-10-7-11-17-31/h8-9,12-15,18-19,21H,5-7,10-11,16-17,20H2,1-4H3,(H,30,32)/b25-18-. The van der Waals surface area contributed by atoms with Crippen LogP contribution in [0.5, 0.6) is 5.75 Å². The normalized spacial score (nSPS) is 14.1. The van der Waals surface area contributed by atoms with Crippen LogP contribution in [0.2, 0.25) is 0 Å². The van der Waals surface area contributed by atoms with Crippen molar-refractivity contribution in [2.24, 2.45) is 5.92 Å². The van der Waals surface area contributed by atoms with Crippen LogP contribution in [0.4, 0.5) is 5.69 Å². The molecular weight excluding hydrogens is 440 g/mol. The van der Waals surface area contributed by atoms with E-state index >= 15 is 0 Å². The van der Waals surface area contributed by atoms with E-state index in [1.54, 1.807) is 25.1 Å². The number of esters is 1. The van der Waals surface area contributed by atoms with Crippen LogP contribution in [-0.2, 0) is 16.0 Å². The third kappa shape index (κ3) is 7.35. The number of carbonyl (C=O) groups is 2. The van der Waals surface area contributed by atoms with Crippen LogP contribution in [-0.4, -0.2) is 38.2 Å². The summed E-state index contributed by atoms with van der Waals surface area (Å²) in [6, 6.07) is 13.5. The maximum absolute atomic E-state index is 13.2. The van der Waals surface area contributed by atoms with Gasteiger partial charge in [-0.15, -0.1) is 0 Å². The minimum atomic E-state index is -0.427. The maximum atomic E-state index is 13.2. The average molecular weight is 479 g/mol. The predicted molar refractivity (Wildman–Crippen MR) is 141 cm³/mol. The van der Waals surface area contributed by atoms with E-state index in [2.05, 4.69) is 48.3 Å². The number of allylic oxidation sites excluding steroid dienone is 1. The van der Waals surface area contributed by atoms with Crippen LogP contribution in [0, 0.1) is 5.92 Å². The van der Waals surface area contributed by atoms with E-state index in [9.17, 15) is 9.59 Å². The molecule has 6 heteroatoms. The van der Waals surface area contributed by atoms with Crippen LogP contribution in [0.1, 0.15) is 68.4 Å². The molecule has 1 amide bonds. The van der Waals surface area contributed by atoms with Crippen LogP contribution < -0.4 is 15.0 Å². The molecule has 6 nitrogen and oxygen atoms in total. The Labute approximate surface area is 209 Å². The fourth-order valence-electron chi connectivity index (χ4n) is 4.35. The molecule has 1 saturated heterocycles. The van der Waals surface area contributed by atoms with E-state index in [4.69, 9.17) is 9.47 Å². The van der Waals surface area contributed by atoms with Crippen molar-refractivity contribution in [1.82, 2.24) is 5.32 Å². The lowest BCUT2D eigenvalue weighted by Crippen LogP contribution is -2.31. The zero-order valence-electron chi connectivity index (χ0n) is 21.4. The molecule has 0 spiro atoms. The maximum Gasteiger partial charge on any atom is 0.341 e. The lowest BCUT2D eigenvalue weighted by atomic mass is 10.0. The fraction of sp³-hybridized carbons (Fsp3) is 0.448. The summed E-state index contributed by atoms with van der Waals surface area (Å²) in [5.74, 6) is 0.165. The second-order valence-corrected chi connectivity index (χ2v) is 9.10. The highest BCUT2D eigenvalue weighted by Gasteiger charge is 2.19. The van der Waals surface area contributed by atoms with Gasteiger partial charge in [-0.2, -0.15) is 0 Å². The first-order valence-electron chi connectivity index (χ1n) is 12.7. The zero-order valence-corrected chi connectivity index (χ0v) is 21.4. The van der Waals surface area contributed by atoms with Gasteiger partial charge in [0, 0.05) is 30.0 Å². The minimum Gasteiger partial charge on any atom is -0.493 e. The van der Waals surface area contributed by atoms with Crippen molar-refractivity contribution in [3.8, 4) is 5.75 Å². The number of hydrogen-bond donors (Lipinski definition) is 1. The van der Waals surface area contributed by atoms with Gasteiger partial charge in [-0.05, 0) is 62.8 Å². The monoisotopic (exact) mass is 478 g/mol. The number of carbonyl (C=O) groups excluding carboxylic acids is 2. The average Bonchev–Trinajstić information content (AvgIpc) is 2.84. The highest BCUT2D eigenvalue weighted by atomic mass is 16.5. The number of piperidine rings is 1. The molecule has 0 radical (unpaired) electrons. The van der Waals surface area contributed by atoms with Gasteiger partial charge >= 0.3 is 5.97 Å². The van der Waals surface area contributed by atoms with Crippen molar-refractivity contribution in [1.29, 1.82) is 0 Å². The van der Waals surface area contributed by atoms with E-state index in [0.717, 1.165) is 35.6 Å². The molecule has 1 aliphatic rings. The van der Waals surface area contributed by atoms with E-state index in [1.807, 2.05) is 13.0 Å². The number of para-hydroxylation sites is 1. The summed E-state index contributed by atoms with van der Waals surface area (Å²) in [5, 5.41) is 3.16. The van der Waals surface area contributed by atoms with Crippen molar-refractivity contribution < 1.29 is 19.1 Å². The Balaban J connectivity index is 1.82. The summed E-state index contributed by atoms with van der Waals surface area (Å²) in [6.07, 6.45) is 5.92. The Morgan fingerprint density at radius 2 is 1.74 bits per heavy atom. The van der Waals surface area contributed by atoms with Gasteiger partial charge in [0.2, 0.25) is 5.91 Å². The first-order chi connectivity index (χ1) is 16.9. The van der Waals surface area contributed by atoms with Crippen molar-refractivity contribution in [3.05, 3.63) is 65.2 Å². The van der Waals surface area contributed by atoms with E-state index < -0.39 is 5.97 Å². The molecular formula is C29H38N2O4. The van der Waals surface area contributed by atoms with Crippen molar-refractivity contribution >= 4 is 23.3 Å². The van der Waals surface area contributed by atoms with Crippen molar-refractivity contribution in [2.45, 2.75) is 53.4 Å². The van der Waals surface area contributed by atoms with Crippen LogP contribution in [0.3, 0.4) is 0 Å². The number of amides is 1. The lowest BCUT2D eigenvalue weighted by molar-refractivity contribution is -0.119.